The van der Waals surface area contributed by atoms with Crippen molar-refractivity contribution >= 4 is 5.69 Å². The maximum absolute atomic E-state index is 10.8. The first-order valence-electron chi connectivity index (χ1n) is 4.91. The molecule has 0 aliphatic rings. The van der Waals surface area contributed by atoms with Crippen LogP contribution in [-0.4, -0.2) is 15.9 Å². The summed E-state index contributed by atoms with van der Waals surface area (Å²) in [5.74, 6) is 0.00778. The third-order valence-electron chi connectivity index (χ3n) is 2.50. The first kappa shape index (κ1) is 11.6. The molecule has 0 aliphatic carbocycles. The quantitative estimate of drug-likeness (QED) is 0.605. The maximum Gasteiger partial charge on any atom is 0.291 e. The summed E-state index contributed by atoms with van der Waals surface area (Å²) in [6, 6.07) is 1.58. The van der Waals surface area contributed by atoms with E-state index in [0.717, 1.165) is 6.42 Å². The van der Waals surface area contributed by atoms with Crippen LogP contribution < -0.4 is 5.73 Å². The zero-order valence-electron chi connectivity index (χ0n) is 8.88. The summed E-state index contributed by atoms with van der Waals surface area (Å²) in [4.78, 5) is 14.1. The number of pyridine rings is 1. The van der Waals surface area contributed by atoms with Gasteiger partial charge in [0.2, 0.25) is 0 Å². The summed E-state index contributed by atoms with van der Waals surface area (Å²) in [6.45, 7) is 3.83. The number of nitrogens with zero attached hydrogens (tertiary/aromatic N) is 2. The molecule has 0 amide bonds. The van der Waals surface area contributed by atoms with Gasteiger partial charge in [0.05, 0.1) is 4.92 Å². The second kappa shape index (κ2) is 4.84. The van der Waals surface area contributed by atoms with Gasteiger partial charge in [-0.25, -0.2) is 0 Å². The first-order chi connectivity index (χ1) is 7.07. The lowest BCUT2D eigenvalue weighted by Gasteiger charge is -2.18. The van der Waals surface area contributed by atoms with Crippen molar-refractivity contribution in [3.63, 3.8) is 0 Å². The van der Waals surface area contributed by atoms with Gasteiger partial charge < -0.3 is 5.73 Å². The Hall–Kier alpha value is -1.49. The van der Waals surface area contributed by atoms with Gasteiger partial charge in [-0.3, -0.25) is 15.1 Å². The van der Waals surface area contributed by atoms with Crippen molar-refractivity contribution in [2.75, 3.05) is 0 Å². The lowest BCUT2D eigenvalue weighted by atomic mass is 9.90. The van der Waals surface area contributed by atoms with Gasteiger partial charge in [-0.1, -0.05) is 6.92 Å². The van der Waals surface area contributed by atoms with Crippen LogP contribution in [0.15, 0.2) is 18.5 Å². The van der Waals surface area contributed by atoms with E-state index in [2.05, 4.69) is 4.98 Å². The number of hydrogen-bond acceptors (Lipinski definition) is 4. The standard InChI is InChI=1S/C10H15N3O2/c1-3-8(7(2)11)9-4-5-12-6-10(9)13(14)15/h4-8H,3,11H2,1-2H3. The molecule has 1 aromatic heterocycles. The Kier molecular flexibility index (Phi) is 3.74. The minimum absolute atomic E-state index is 0.00778. The molecule has 0 fully saturated rings. The fourth-order valence-electron chi connectivity index (χ4n) is 1.74. The average molecular weight is 209 g/mol. The fourth-order valence-corrected chi connectivity index (χ4v) is 1.74. The van der Waals surface area contributed by atoms with Crippen LogP contribution in [0.1, 0.15) is 31.7 Å². The summed E-state index contributed by atoms with van der Waals surface area (Å²) in [5.41, 5.74) is 6.54. The van der Waals surface area contributed by atoms with Gasteiger partial charge in [-0.05, 0) is 19.4 Å². The van der Waals surface area contributed by atoms with E-state index in [1.54, 1.807) is 12.3 Å². The molecular formula is C10H15N3O2. The normalized spacial score (nSPS) is 14.6. The van der Waals surface area contributed by atoms with Crippen LogP contribution in [0.5, 0.6) is 0 Å². The Balaban J connectivity index is 3.16. The Morgan fingerprint density at radius 2 is 2.33 bits per heavy atom. The zero-order valence-corrected chi connectivity index (χ0v) is 8.88. The third-order valence-corrected chi connectivity index (χ3v) is 2.50. The molecule has 0 radical (unpaired) electrons. The van der Waals surface area contributed by atoms with Crippen LogP contribution in [0, 0.1) is 10.1 Å². The van der Waals surface area contributed by atoms with Crippen LogP contribution in [-0.2, 0) is 0 Å². The molecule has 1 rings (SSSR count). The van der Waals surface area contributed by atoms with Crippen molar-refractivity contribution in [3.8, 4) is 0 Å². The van der Waals surface area contributed by atoms with Gasteiger partial charge in [0, 0.05) is 23.7 Å². The van der Waals surface area contributed by atoms with Crippen LogP contribution in [0.3, 0.4) is 0 Å². The molecule has 2 N–H and O–H groups in total. The lowest BCUT2D eigenvalue weighted by molar-refractivity contribution is -0.386. The largest absolute Gasteiger partial charge is 0.327 e. The predicted octanol–water partition coefficient (Wildman–Crippen LogP) is 1.83. The Labute approximate surface area is 88.5 Å². The molecule has 5 nitrogen and oxygen atoms in total. The number of nitro groups is 1. The number of aromatic nitrogens is 1. The fraction of sp³-hybridized carbons (Fsp3) is 0.500. The van der Waals surface area contributed by atoms with E-state index in [0.29, 0.717) is 5.56 Å². The molecule has 2 atom stereocenters. The third kappa shape index (κ3) is 2.50. The summed E-state index contributed by atoms with van der Waals surface area (Å²) < 4.78 is 0. The summed E-state index contributed by atoms with van der Waals surface area (Å²) >= 11 is 0. The molecule has 0 bridgehead atoms. The van der Waals surface area contributed by atoms with Gasteiger partial charge in [0.1, 0.15) is 6.20 Å². The molecule has 5 heteroatoms. The van der Waals surface area contributed by atoms with Crippen molar-refractivity contribution in [3.05, 3.63) is 34.1 Å². The summed E-state index contributed by atoms with van der Waals surface area (Å²) in [7, 11) is 0. The van der Waals surface area contributed by atoms with Crippen molar-refractivity contribution < 1.29 is 4.92 Å². The number of hydrogen-bond donors (Lipinski definition) is 1. The van der Waals surface area contributed by atoms with Crippen molar-refractivity contribution in [2.24, 2.45) is 5.73 Å². The van der Waals surface area contributed by atoms with E-state index >= 15 is 0 Å². The molecule has 0 spiro atoms. The van der Waals surface area contributed by atoms with Crippen molar-refractivity contribution in [1.82, 2.24) is 4.98 Å². The summed E-state index contributed by atoms with van der Waals surface area (Å²) in [5, 5.41) is 10.8. The topological polar surface area (TPSA) is 82.0 Å². The van der Waals surface area contributed by atoms with E-state index in [9.17, 15) is 10.1 Å². The van der Waals surface area contributed by atoms with Gasteiger partial charge in [0.25, 0.3) is 5.69 Å². The highest BCUT2D eigenvalue weighted by Crippen LogP contribution is 2.29. The molecule has 15 heavy (non-hydrogen) atoms. The molecular weight excluding hydrogens is 194 g/mol. The average Bonchev–Trinajstić information content (AvgIpc) is 2.18. The van der Waals surface area contributed by atoms with Crippen LogP contribution in [0.4, 0.5) is 5.69 Å². The van der Waals surface area contributed by atoms with Crippen molar-refractivity contribution in [2.45, 2.75) is 32.2 Å². The second-order valence-corrected chi connectivity index (χ2v) is 3.57. The highest BCUT2D eigenvalue weighted by atomic mass is 16.6. The molecule has 0 aromatic carbocycles. The van der Waals surface area contributed by atoms with Gasteiger partial charge in [-0.15, -0.1) is 0 Å². The zero-order chi connectivity index (χ0) is 11.4. The van der Waals surface area contributed by atoms with Crippen LogP contribution in [0.25, 0.3) is 0 Å². The molecule has 0 aliphatic heterocycles. The monoisotopic (exact) mass is 209 g/mol. The number of nitrogens with two attached hydrogens (primary N) is 1. The maximum atomic E-state index is 10.8. The summed E-state index contributed by atoms with van der Waals surface area (Å²) in [6.07, 6.45) is 3.62. The van der Waals surface area contributed by atoms with E-state index in [-0.39, 0.29) is 17.6 Å². The molecule has 1 heterocycles. The number of rotatable bonds is 4. The Bertz CT molecular complexity index is 352. The smallest absolute Gasteiger partial charge is 0.291 e. The second-order valence-electron chi connectivity index (χ2n) is 3.57. The van der Waals surface area contributed by atoms with Gasteiger partial charge in [-0.2, -0.15) is 0 Å². The first-order valence-corrected chi connectivity index (χ1v) is 4.91. The van der Waals surface area contributed by atoms with E-state index in [1.165, 1.54) is 6.20 Å². The molecule has 0 saturated heterocycles. The van der Waals surface area contributed by atoms with Gasteiger partial charge in [0.15, 0.2) is 0 Å². The minimum atomic E-state index is -0.409. The Morgan fingerprint density at radius 1 is 1.67 bits per heavy atom. The molecule has 2 unspecified atom stereocenters. The van der Waals surface area contributed by atoms with E-state index < -0.39 is 4.92 Å². The molecule has 1 aromatic rings. The predicted molar refractivity (Wildman–Crippen MR) is 57.6 cm³/mol. The van der Waals surface area contributed by atoms with Gasteiger partial charge >= 0.3 is 0 Å². The molecule has 82 valence electrons. The van der Waals surface area contributed by atoms with Crippen LogP contribution >= 0.6 is 0 Å². The lowest BCUT2D eigenvalue weighted by Crippen LogP contribution is -2.24. The SMILES string of the molecule is CCC(c1ccncc1[N+](=O)[O-])C(C)N. The van der Waals surface area contributed by atoms with Crippen molar-refractivity contribution in [1.29, 1.82) is 0 Å². The molecule has 0 saturated carbocycles. The minimum Gasteiger partial charge on any atom is -0.327 e. The Morgan fingerprint density at radius 3 is 2.80 bits per heavy atom. The van der Waals surface area contributed by atoms with Crippen LogP contribution in [0.2, 0.25) is 0 Å². The highest BCUT2D eigenvalue weighted by Gasteiger charge is 2.23. The highest BCUT2D eigenvalue weighted by molar-refractivity contribution is 5.40. The van der Waals surface area contributed by atoms with E-state index in [4.69, 9.17) is 5.73 Å². The van der Waals surface area contributed by atoms with E-state index in [1.807, 2.05) is 13.8 Å².